The molecule has 8 nitrogen and oxygen atoms in total. The van der Waals surface area contributed by atoms with Crippen molar-refractivity contribution in [1.29, 1.82) is 0 Å². The van der Waals surface area contributed by atoms with Crippen LogP contribution in [0.5, 0.6) is 5.75 Å². The van der Waals surface area contributed by atoms with Gasteiger partial charge in [-0.2, -0.15) is 0 Å². The molecular weight excluding hydrogens is 407 g/mol. The van der Waals surface area contributed by atoms with Crippen molar-refractivity contribution >= 4 is 17.6 Å². The summed E-state index contributed by atoms with van der Waals surface area (Å²) in [6.07, 6.45) is 4.16. The van der Waals surface area contributed by atoms with Crippen LogP contribution in [0.1, 0.15) is 42.5 Å². The predicted octanol–water partition coefficient (Wildman–Crippen LogP) is 4.17. The first kappa shape index (κ1) is 22.2. The first-order chi connectivity index (χ1) is 14.8. The van der Waals surface area contributed by atoms with Crippen molar-refractivity contribution in [2.75, 3.05) is 7.11 Å². The topological polar surface area (TPSA) is 119 Å². The number of ether oxygens (including phenoxy) is 1. The Hall–Kier alpha value is -3.49. The highest BCUT2D eigenvalue weighted by molar-refractivity contribution is 6.00. The molecule has 0 radical (unpaired) electrons. The van der Waals surface area contributed by atoms with Gasteiger partial charge in [-0.3, -0.25) is 14.9 Å². The number of nitrogens with one attached hydrogen (secondary N) is 1. The SMILES string of the molecule is COc1ccc(-c2ccc(C(=O)N[C@H](C(=O)O)C3CCCCC3)c([N+](=O)[O-])c2)cc1F. The van der Waals surface area contributed by atoms with Crippen LogP contribution in [-0.4, -0.2) is 35.1 Å². The van der Waals surface area contributed by atoms with Crippen molar-refractivity contribution in [2.45, 2.75) is 38.1 Å². The van der Waals surface area contributed by atoms with E-state index in [1.165, 1.54) is 37.4 Å². The predicted molar refractivity (Wildman–Crippen MR) is 111 cm³/mol. The van der Waals surface area contributed by atoms with Gasteiger partial charge in [-0.15, -0.1) is 0 Å². The summed E-state index contributed by atoms with van der Waals surface area (Å²) in [6, 6.07) is 6.91. The van der Waals surface area contributed by atoms with Crippen LogP contribution in [0, 0.1) is 21.8 Å². The summed E-state index contributed by atoms with van der Waals surface area (Å²) in [5, 5.41) is 23.6. The standard InChI is InChI=1S/C22H23FN2O6/c1-31-19-10-8-14(11-17(19)23)15-7-9-16(18(12-15)25(29)30)21(26)24-20(22(27)28)13-5-3-2-4-6-13/h7-13,20H,2-6H2,1H3,(H,24,26)(H,27,28)/t20-/m0/s1. The van der Waals surface area contributed by atoms with E-state index in [9.17, 15) is 29.2 Å². The smallest absolute Gasteiger partial charge is 0.326 e. The summed E-state index contributed by atoms with van der Waals surface area (Å²) in [7, 11) is 1.33. The number of carbonyl (C=O) groups is 2. The number of benzene rings is 2. The number of aliphatic carboxylic acids is 1. The average Bonchev–Trinajstić information content (AvgIpc) is 2.77. The molecule has 1 aliphatic carbocycles. The maximum atomic E-state index is 14.0. The number of carboxylic acids is 1. The van der Waals surface area contributed by atoms with E-state index < -0.39 is 34.3 Å². The van der Waals surface area contributed by atoms with E-state index >= 15 is 0 Å². The molecule has 9 heteroatoms. The molecule has 1 fully saturated rings. The highest BCUT2D eigenvalue weighted by Gasteiger charge is 2.32. The largest absolute Gasteiger partial charge is 0.494 e. The Bertz CT molecular complexity index is 1000. The number of hydrogen-bond donors (Lipinski definition) is 2. The van der Waals surface area contributed by atoms with Gasteiger partial charge in [0, 0.05) is 6.07 Å². The molecule has 0 heterocycles. The van der Waals surface area contributed by atoms with Gasteiger partial charge < -0.3 is 15.2 Å². The summed E-state index contributed by atoms with van der Waals surface area (Å²) in [6.45, 7) is 0. The molecule has 2 aromatic carbocycles. The Morgan fingerprint density at radius 1 is 1.16 bits per heavy atom. The molecule has 0 aromatic heterocycles. The van der Waals surface area contributed by atoms with E-state index in [2.05, 4.69) is 5.32 Å². The van der Waals surface area contributed by atoms with Gasteiger partial charge in [-0.1, -0.05) is 31.4 Å². The molecule has 0 aliphatic heterocycles. The van der Waals surface area contributed by atoms with Crippen LogP contribution in [0.3, 0.4) is 0 Å². The average molecular weight is 430 g/mol. The molecule has 1 aliphatic rings. The van der Waals surface area contributed by atoms with Gasteiger partial charge in [0.05, 0.1) is 12.0 Å². The summed E-state index contributed by atoms with van der Waals surface area (Å²) < 4.78 is 18.9. The van der Waals surface area contributed by atoms with Crippen LogP contribution < -0.4 is 10.1 Å². The van der Waals surface area contributed by atoms with Crippen LogP contribution in [0.25, 0.3) is 11.1 Å². The zero-order valence-electron chi connectivity index (χ0n) is 17.0. The third kappa shape index (κ3) is 4.99. The highest BCUT2D eigenvalue weighted by atomic mass is 19.1. The van der Waals surface area contributed by atoms with Crippen molar-refractivity contribution < 1.29 is 28.7 Å². The molecule has 0 bridgehead atoms. The molecule has 1 saturated carbocycles. The molecule has 2 N–H and O–H groups in total. The first-order valence-electron chi connectivity index (χ1n) is 9.98. The summed E-state index contributed by atoms with van der Waals surface area (Å²) in [4.78, 5) is 35.4. The Labute approximate surface area is 178 Å². The summed E-state index contributed by atoms with van der Waals surface area (Å²) >= 11 is 0. The molecule has 3 rings (SSSR count). The Balaban J connectivity index is 1.90. The second kappa shape index (κ2) is 9.55. The molecular formula is C22H23FN2O6. The number of carboxylic acid groups (broad SMARTS) is 1. The second-order valence-electron chi connectivity index (χ2n) is 7.53. The maximum absolute atomic E-state index is 14.0. The number of hydrogen-bond acceptors (Lipinski definition) is 5. The lowest BCUT2D eigenvalue weighted by Crippen LogP contribution is -2.46. The van der Waals surface area contributed by atoms with Crippen molar-refractivity contribution in [1.82, 2.24) is 5.32 Å². The lowest BCUT2D eigenvalue weighted by atomic mass is 9.83. The lowest BCUT2D eigenvalue weighted by molar-refractivity contribution is -0.385. The maximum Gasteiger partial charge on any atom is 0.326 e. The van der Waals surface area contributed by atoms with Crippen LogP contribution in [0.2, 0.25) is 0 Å². The van der Waals surface area contributed by atoms with Crippen molar-refractivity contribution in [2.24, 2.45) is 5.92 Å². The lowest BCUT2D eigenvalue weighted by Gasteiger charge is -2.28. The molecule has 31 heavy (non-hydrogen) atoms. The second-order valence-corrected chi connectivity index (χ2v) is 7.53. The number of nitrogens with zero attached hydrogens (tertiary/aromatic N) is 1. The van der Waals surface area contributed by atoms with Crippen LogP contribution >= 0.6 is 0 Å². The van der Waals surface area contributed by atoms with E-state index in [0.717, 1.165) is 19.3 Å². The molecule has 0 unspecified atom stereocenters. The Kier molecular flexibility index (Phi) is 6.84. The van der Waals surface area contributed by atoms with E-state index in [1.54, 1.807) is 6.07 Å². The van der Waals surface area contributed by atoms with Crippen molar-refractivity contribution in [3.63, 3.8) is 0 Å². The molecule has 1 amide bonds. The van der Waals surface area contributed by atoms with E-state index in [1.807, 2.05) is 0 Å². The van der Waals surface area contributed by atoms with Gasteiger partial charge in [0.1, 0.15) is 11.6 Å². The molecule has 0 spiro atoms. The Morgan fingerprint density at radius 2 is 1.81 bits per heavy atom. The number of carbonyl (C=O) groups excluding carboxylic acids is 1. The molecule has 1 atom stereocenters. The number of rotatable bonds is 7. The fourth-order valence-corrected chi connectivity index (χ4v) is 3.97. The third-order valence-electron chi connectivity index (χ3n) is 5.60. The van der Waals surface area contributed by atoms with E-state index in [4.69, 9.17) is 4.74 Å². The third-order valence-corrected chi connectivity index (χ3v) is 5.60. The van der Waals surface area contributed by atoms with Crippen LogP contribution in [0.4, 0.5) is 10.1 Å². The number of amides is 1. The quantitative estimate of drug-likeness (QED) is 0.503. The fourth-order valence-electron chi connectivity index (χ4n) is 3.97. The van der Waals surface area contributed by atoms with Crippen LogP contribution in [-0.2, 0) is 4.79 Å². The first-order valence-corrected chi connectivity index (χ1v) is 9.98. The van der Waals surface area contributed by atoms with Gasteiger partial charge in [-0.25, -0.2) is 9.18 Å². The van der Waals surface area contributed by atoms with Gasteiger partial charge in [0.25, 0.3) is 11.6 Å². The monoisotopic (exact) mass is 430 g/mol. The minimum atomic E-state index is -1.16. The van der Waals surface area contributed by atoms with E-state index in [0.29, 0.717) is 24.0 Å². The van der Waals surface area contributed by atoms with Crippen molar-refractivity contribution in [3.05, 3.63) is 57.9 Å². The van der Waals surface area contributed by atoms with Gasteiger partial charge in [0.2, 0.25) is 0 Å². The highest BCUT2D eigenvalue weighted by Crippen LogP contribution is 2.31. The molecule has 2 aromatic rings. The molecule has 0 saturated heterocycles. The van der Waals surface area contributed by atoms with Gasteiger partial charge in [-0.05, 0) is 48.1 Å². The van der Waals surface area contributed by atoms with Crippen molar-refractivity contribution in [3.8, 4) is 16.9 Å². The number of nitro benzene ring substituents is 1. The normalized spacial score (nSPS) is 15.2. The van der Waals surface area contributed by atoms with Gasteiger partial charge in [0.15, 0.2) is 11.6 Å². The zero-order valence-corrected chi connectivity index (χ0v) is 17.0. The number of nitro groups is 1. The van der Waals surface area contributed by atoms with Crippen LogP contribution in [0.15, 0.2) is 36.4 Å². The van der Waals surface area contributed by atoms with E-state index in [-0.39, 0.29) is 17.2 Å². The van der Waals surface area contributed by atoms with Gasteiger partial charge >= 0.3 is 5.97 Å². The fraction of sp³-hybridized carbons (Fsp3) is 0.364. The summed E-state index contributed by atoms with van der Waals surface area (Å²) in [5.41, 5.74) is -0.0188. The zero-order chi connectivity index (χ0) is 22.5. The summed E-state index contributed by atoms with van der Waals surface area (Å²) in [5.74, 6) is -2.78. The number of methoxy groups -OCH3 is 1. The number of halogens is 1. The Morgan fingerprint density at radius 3 is 2.39 bits per heavy atom. The molecule has 164 valence electrons. The minimum absolute atomic E-state index is 0.0386. The minimum Gasteiger partial charge on any atom is -0.494 e.